The van der Waals surface area contributed by atoms with Crippen LogP contribution in [0.2, 0.25) is 0 Å². The summed E-state index contributed by atoms with van der Waals surface area (Å²) in [5.41, 5.74) is 4.23. The van der Waals surface area contributed by atoms with Gasteiger partial charge in [-0.2, -0.15) is 0 Å². The fourth-order valence-corrected chi connectivity index (χ4v) is 3.45. The standard InChI is InChI=1S/C21H24N4O/c1-15(2)21(26)22-16-7-5-8-17(13-16)24-11-6-12-25-19-10-4-3-9-18(19)23-20(25)14-24/h3-5,7-10,13,15H,6,11-12,14H2,1-2H3,(H,22,26). The molecule has 1 N–H and O–H groups in total. The summed E-state index contributed by atoms with van der Waals surface area (Å²) in [4.78, 5) is 19.2. The van der Waals surface area contributed by atoms with Crippen LogP contribution in [0.4, 0.5) is 11.4 Å². The normalized spacial score (nSPS) is 14.3. The van der Waals surface area contributed by atoms with Gasteiger partial charge in [0.1, 0.15) is 5.82 Å². The molecule has 0 aliphatic carbocycles. The smallest absolute Gasteiger partial charge is 0.226 e. The molecular weight excluding hydrogens is 324 g/mol. The number of fused-ring (bicyclic) bond motifs is 3. The Kier molecular flexibility index (Phi) is 4.37. The van der Waals surface area contributed by atoms with Crippen LogP contribution in [0, 0.1) is 5.92 Å². The lowest BCUT2D eigenvalue weighted by atomic mass is 10.2. The van der Waals surface area contributed by atoms with Crippen LogP contribution in [0.15, 0.2) is 48.5 Å². The van der Waals surface area contributed by atoms with Gasteiger partial charge in [0.2, 0.25) is 5.91 Å². The minimum absolute atomic E-state index is 0.0308. The first-order chi connectivity index (χ1) is 12.6. The highest BCUT2D eigenvalue weighted by atomic mass is 16.1. The summed E-state index contributed by atoms with van der Waals surface area (Å²) in [7, 11) is 0. The Morgan fingerprint density at radius 2 is 1.96 bits per heavy atom. The van der Waals surface area contributed by atoms with E-state index < -0.39 is 0 Å². The zero-order valence-electron chi connectivity index (χ0n) is 15.3. The Hall–Kier alpha value is -2.82. The lowest BCUT2D eigenvalue weighted by Gasteiger charge is -2.22. The van der Waals surface area contributed by atoms with Gasteiger partial charge in [-0.1, -0.05) is 32.0 Å². The minimum Gasteiger partial charge on any atom is -0.364 e. The van der Waals surface area contributed by atoms with Crippen LogP contribution >= 0.6 is 0 Å². The maximum atomic E-state index is 12.0. The molecule has 5 heteroatoms. The molecule has 0 radical (unpaired) electrons. The number of carbonyl (C=O) groups is 1. The second kappa shape index (κ2) is 6.83. The molecule has 0 spiro atoms. The van der Waals surface area contributed by atoms with E-state index in [1.165, 1.54) is 5.52 Å². The van der Waals surface area contributed by atoms with Crippen LogP contribution in [0.5, 0.6) is 0 Å². The van der Waals surface area contributed by atoms with E-state index in [-0.39, 0.29) is 11.8 Å². The largest absolute Gasteiger partial charge is 0.364 e. The number of hydrogen-bond donors (Lipinski definition) is 1. The summed E-state index contributed by atoms with van der Waals surface area (Å²) >= 11 is 0. The number of para-hydroxylation sites is 2. The van der Waals surface area contributed by atoms with Crippen molar-refractivity contribution in [2.75, 3.05) is 16.8 Å². The third-order valence-electron chi connectivity index (χ3n) is 4.88. The Balaban J connectivity index is 1.61. The maximum Gasteiger partial charge on any atom is 0.226 e. The number of rotatable bonds is 3. The fraction of sp³-hybridized carbons (Fsp3) is 0.333. The second-order valence-corrected chi connectivity index (χ2v) is 7.14. The summed E-state index contributed by atoms with van der Waals surface area (Å²) in [6.45, 7) is 6.53. The minimum atomic E-state index is -0.0308. The maximum absolute atomic E-state index is 12.0. The highest BCUT2D eigenvalue weighted by Crippen LogP contribution is 2.26. The van der Waals surface area contributed by atoms with Crippen LogP contribution in [0.3, 0.4) is 0 Å². The Bertz CT molecular complexity index is 944. The number of nitrogens with zero attached hydrogens (tertiary/aromatic N) is 3. The molecule has 1 aliphatic heterocycles. The molecule has 2 aromatic carbocycles. The Morgan fingerprint density at radius 1 is 1.12 bits per heavy atom. The number of imidazole rings is 1. The number of aryl methyl sites for hydroxylation is 1. The van der Waals surface area contributed by atoms with E-state index in [9.17, 15) is 4.79 Å². The van der Waals surface area contributed by atoms with Gasteiger partial charge in [-0.15, -0.1) is 0 Å². The molecule has 1 amide bonds. The Morgan fingerprint density at radius 3 is 2.81 bits per heavy atom. The molecule has 0 saturated heterocycles. The van der Waals surface area contributed by atoms with Crippen molar-refractivity contribution in [1.82, 2.24) is 9.55 Å². The zero-order valence-corrected chi connectivity index (χ0v) is 15.3. The molecule has 4 rings (SSSR count). The van der Waals surface area contributed by atoms with Crippen LogP contribution in [-0.4, -0.2) is 22.0 Å². The first-order valence-electron chi connectivity index (χ1n) is 9.22. The van der Waals surface area contributed by atoms with Crippen molar-refractivity contribution in [3.05, 3.63) is 54.4 Å². The first-order valence-corrected chi connectivity index (χ1v) is 9.22. The number of amides is 1. The van der Waals surface area contributed by atoms with Crippen molar-refractivity contribution in [2.24, 2.45) is 5.92 Å². The van der Waals surface area contributed by atoms with E-state index in [0.717, 1.165) is 48.8 Å². The van der Waals surface area contributed by atoms with Gasteiger partial charge in [-0.3, -0.25) is 4.79 Å². The van der Waals surface area contributed by atoms with Crippen molar-refractivity contribution >= 4 is 28.3 Å². The van der Waals surface area contributed by atoms with E-state index in [1.807, 2.05) is 32.0 Å². The van der Waals surface area contributed by atoms with Crippen LogP contribution < -0.4 is 10.2 Å². The van der Waals surface area contributed by atoms with Crippen molar-refractivity contribution < 1.29 is 4.79 Å². The molecule has 0 atom stereocenters. The molecule has 0 bridgehead atoms. The fourth-order valence-electron chi connectivity index (χ4n) is 3.45. The highest BCUT2D eigenvalue weighted by Gasteiger charge is 2.19. The summed E-state index contributed by atoms with van der Waals surface area (Å²) in [6, 6.07) is 16.4. The van der Waals surface area contributed by atoms with E-state index in [1.54, 1.807) is 0 Å². The van der Waals surface area contributed by atoms with Gasteiger partial charge < -0.3 is 14.8 Å². The molecule has 3 aromatic rings. The van der Waals surface area contributed by atoms with Gasteiger partial charge in [0.25, 0.3) is 0 Å². The zero-order chi connectivity index (χ0) is 18.1. The topological polar surface area (TPSA) is 50.2 Å². The molecule has 5 nitrogen and oxygen atoms in total. The number of hydrogen-bond acceptors (Lipinski definition) is 3. The molecule has 0 unspecified atom stereocenters. The third-order valence-corrected chi connectivity index (χ3v) is 4.88. The average Bonchev–Trinajstić information content (AvgIpc) is 2.84. The molecule has 2 heterocycles. The highest BCUT2D eigenvalue weighted by molar-refractivity contribution is 5.92. The van der Waals surface area contributed by atoms with E-state index in [4.69, 9.17) is 4.98 Å². The molecule has 1 aromatic heterocycles. The molecule has 134 valence electrons. The van der Waals surface area contributed by atoms with Gasteiger partial charge in [-0.05, 0) is 36.8 Å². The van der Waals surface area contributed by atoms with Crippen LogP contribution in [0.25, 0.3) is 11.0 Å². The summed E-state index contributed by atoms with van der Waals surface area (Å²) < 4.78 is 2.33. The Labute approximate surface area is 153 Å². The quantitative estimate of drug-likeness (QED) is 0.777. The SMILES string of the molecule is CC(C)C(=O)Nc1cccc(N2CCCn3c(nc4ccccc43)C2)c1. The number of anilines is 2. The van der Waals surface area contributed by atoms with E-state index in [2.05, 4.69) is 45.1 Å². The van der Waals surface area contributed by atoms with Gasteiger partial charge in [-0.25, -0.2) is 4.98 Å². The monoisotopic (exact) mass is 348 g/mol. The lowest BCUT2D eigenvalue weighted by Crippen LogP contribution is -2.23. The summed E-state index contributed by atoms with van der Waals surface area (Å²) in [5, 5.41) is 2.99. The number of benzene rings is 2. The van der Waals surface area contributed by atoms with Crippen LogP contribution in [0.1, 0.15) is 26.1 Å². The van der Waals surface area contributed by atoms with Crippen LogP contribution in [-0.2, 0) is 17.9 Å². The van der Waals surface area contributed by atoms with E-state index in [0.29, 0.717) is 0 Å². The van der Waals surface area contributed by atoms with Gasteiger partial charge in [0, 0.05) is 30.4 Å². The van der Waals surface area contributed by atoms with Crippen molar-refractivity contribution in [3.8, 4) is 0 Å². The van der Waals surface area contributed by atoms with Gasteiger partial charge >= 0.3 is 0 Å². The number of nitrogens with one attached hydrogen (secondary N) is 1. The average molecular weight is 348 g/mol. The third kappa shape index (κ3) is 3.17. The molecule has 1 aliphatic rings. The van der Waals surface area contributed by atoms with E-state index >= 15 is 0 Å². The molecule has 0 fully saturated rings. The van der Waals surface area contributed by atoms with Crippen molar-refractivity contribution in [3.63, 3.8) is 0 Å². The predicted molar refractivity (Wildman–Crippen MR) is 105 cm³/mol. The number of aromatic nitrogens is 2. The molecular formula is C21H24N4O. The van der Waals surface area contributed by atoms with Gasteiger partial charge in [0.05, 0.1) is 17.6 Å². The predicted octanol–water partition coefficient (Wildman–Crippen LogP) is 4.04. The summed E-state index contributed by atoms with van der Waals surface area (Å²) in [5.74, 6) is 1.11. The summed E-state index contributed by atoms with van der Waals surface area (Å²) in [6.07, 6.45) is 1.07. The second-order valence-electron chi connectivity index (χ2n) is 7.14. The molecule has 0 saturated carbocycles. The van der Waals surface area contributed by atoms with Crippen molar-refractivity contribution in [1.29, 1.82) is 0 Å². The first kappa shape index (κ1) is 16.6. The number of carbonyl (C=O) groups excluding carboxylic acids is 1. The van der Waals surface area contributed by atoms with Gasteiger partial charge in [0.15, 0.2) is 0 Å². The van der Waals surface area contributed by atoms with Crippen molar-refractivity contribution in [2.45, 2.75) is 33.4 Å². The molecule has 26 heavy (non-hydrogen) atoms. The lowest BCUT2D eigenvalue weighted by molar-refractivity contribution is -0.118.